The molecule has 3 rings (SSSR count). The second kappa shape index (κ2) is 8.85. The molecule has 0 radical (unpaired) electrons. The number of hydrogen-bond donors (Lipinski definition) is 1. The van der Waals surface area contributed by atoms with Crippen molar-refractivity contribution in [3.63, 3.8) is 0 Å². The normalized spacial score (nSPS) is 12.0. The molecule has 0 fully saturated rings. The fourth-order valence-electron chi connectivity index (χ4n) is 2.45. The van der Waals surface area contributed by atoms with E-state index in [4.69, 9.17) is 4.74 Å². The van der Waals surface area contributed by atoms with E-state index < -0.39 is 17.5 Å². The lowest BCUT2D eigenvalue weighted by Crippen LogP contribution is -2.24. The largest absolute Gasteiger partial charge is 0.424 e. The molecular formula is C21H17F2N3O2. The number of aromatic nitrogens is 2. The van der Waals surface area contributed by atoms with Crippen LogP contribution in [-0.4, -0.2) is 15.9 Å². The Morgan fingerprint density at radius 1 is 1.11 bits per heavy atom. The van der Waals surface area contributed by atoms with Crippen LogP contribution in [0.1, 0.15) is 24.1 Å². The Bertz CT molecular complexity index is 994. The SMILES string of the molecule is C[C@H](NC(=O)/C=C/c1cccc(F)c1F)c1cccc(Oc2ncccn2)c1. The Morgan fingerprint density at radius 3 is 2.64 bits per heavy atom. The van der Waals surface area contributed by atoms with Crippen molar-refractivity contribution < 1.29 is 18.3 Å². The zero-order valence-corrected chi connectivity index (χ0v) is 15.0. The number of benzene rings is 2. The second-order valence-corrected chi connectivity index (χ2v) is 5.91. The van der Waals surface area contributed by atoms with Crippen molar-refractivity contribution in [2.75, 3.05) is 0 Å². The maximum absolute atomic E-state index is 13.6. The molecule has 142 valence electrons. The van der Waals surface area contributed by atoms with Gasteiger partial charge in [-0.05, 0) is 42.8 Å². The third-order valence-electron chi connectivity index (χ3n) is 3.86. The molecule has 1 heterocycles. The minimum atomic E-state index is -0.993. The quantitative estimate of drug-likeness (QED) is 0.641. The predicted octanol–water partition coefficient (Wildman–Crippen LogP) is 4.44. The lowest BCUT2D eigenvalue weighted by Gasteiger charge is -2.14. The molecule has 0 saturated heterocycles. The minimum absolute atomic E-state index is 0.000983. The summed E-state index contributed by atoms with van der Waals surface area (Å²) in [6.07, 6.45) is 5.53. The van der Waals surface area contributed by atoms with Gasteiger partial charge in [-0.25, -0.2) is 18.7 Å². The molecule has 0 aliphatic carbocycles. The minimum Gasteiger partial charge on any atom is -0.424 e. The number of nitrogens with one attached hydrogen (secondary N) is 1. The maximum Gasteiger partial charge on any atom is 0.321 e. The van der Waals surface area contributed by atoms with Crippen molar-refractivity contribution in [1.29, 1.82) is 0 Å². The van der Waals surface area contributed by atoms with E-state index in [1.165, 1.54) is 18.2 Å². The summed E-state index contributed by atoms with van der Waals surface area (Å²) in [7, 11) is 0. The Kier molecular flexibility index (Phi) is 6.06. The Balaban J connectivity index is 1.64. The van der Waals surface area contributed by atoms with Crippen molar-refractivity contribution in [1.82, 2.24) is 15.3 Å². The smallest absolute Gasteiger partial charge is 0.321 e. The topological polar surface area (TPSA) is 64.1 Å². The number of ether oxygens (including phenoxy) is 1. The van der Waals surface area contributed by atoms with E-state index in [9.17, 15) is 13.6 Å². The lowest BCUT2D eigenvalue weighted by molar-refractivity contribution is -0.117. The van der Waals surface area contributed by atoms with Gasteiger partial charge in [0, 0.05) is 24.0 Å². The summed E-state index contributed by atoms with van der Waals surface area (Å²) in [6, 6.07) is 12.5. The first-order valence-electron chi connectivity index (χ1n) is 8.50. The number of nitrogens with zero attached hydrogens (tertiary/aromatic N) is 2. The van der Waals surface area contributed by atoms with Gasteiger partial charge in [0.25, 0.3) is 0 Å². The van der Waals surface area contributed by atoms with Gasteiger partial charge in [0.1, 0.15) is 5.75 Å². The highest BCUT2D eigenvalue weighted by Crippen LogP contribution is 2.22. The summed E-state index contributed by atoms with van der Waals surface area (Å²) in [6.45, 7) is 1.80. The van der Waals surface area contributed by atoms with Crippen LogP contribution in [0.4, 0.5) is 8.78 Å². The van der Waals surface area contributed by atoms with E-state index >= 15 is 0 Å². The van der Waals surface area contributed by atoms with Crippen LogP contribution in [0.15, 0.2) is 67.0 Å². The summed E-state index contributed by atoms with van der Waals surface area (Å²) in [5, 5.41) is 2.76. The number of carbonyl (C=O) groups excluding carboxylic acids is 1. The molecule has 0 spiro atoms. The highest BCUT2D eigenvalue weighted by atomic mass is 19.2. The van der Waals surface area contributed by atoms with Crippen molar-refractivity contribution >= 4 is 12.0 Å². The van der Waals surface area contributed by atoms with Gasteiger partial charge in [-0.15, -0.1) is 0 Å². The molecule has 28 heavy (non-hydrogen) atoms. The van der Waals surface area contributed by atoms with E-state index in [-0.39, 0.29) is 17.6 Å². The monoisotopic (exact) mass is 381 g/mol. The molecule has 2 aromatic carbocycles. The van der Waals surface area contributed by atoms with E-state index in [1.807, 2.05) is 6.07 Å². The summed E-state index contributed by atoms with van der Waals surface area (Å²) in [5.41, 5.74) is 0.799. The zero-order valence-electron chi connectivity index (χ0n) is 15.0. The zero-order chi connectivity index (χ0) is 19.9. The van der Waals surface area contributed by atoms with Gasteiger partial charge >= 0.3 is 6.01 Å². The Labute approximate surface area is 160 Å². The molecule has 1 aromatic heterocycles. The molecule has 7 heteroatoms. The summed E-state index contributed by atoms with van der Waals surface area (Å²) >= 11 is 0. The Hall–Kier alpha value is -3.61. The molecular weight excluding hydrogens is 364 g/mol. The van der Waals surface area contributed by atoms with Crippen LogP contribution in [0.5, 0.6) is 11.8 Å². The lowest BCUT2D eigenvalue weighted by atomic mass is 10.1. The van der Waals surface area contributed by atoms with Crippen LogP contribution in [-0.2, 0) is 4.79 Å². The standard InChI is InChI=1S/C21H17F2N3O2/c1-14(26-19(27)10-9-15-5-3-8-18(22)20(15)23)16-6-2-7-17(13-16)28-21-24-11-4-12-25-21/h2-14H,1H3,(H,26,27)/b10-9+/t14-/m0/s1. The first-order chi connectivity index (χ1) is 13.5. The number of halogens is 2. The summed E-state index contributed by atoms with van der Waals surface area (Å²) < 4.78 is 32.4. The van der Waals surface area contributed by atoms with Gasteiger partial charge in [-0.2, -0.15) is 0 Å². The molecule has 3 aromatic rings. The van der Waals surface area contributed by atoms with Gasteiger partial charge in [0.2, 0.25) is 5.91 Å². The molecule has 1 amide bonds. The molecule has 1 N–H and O–H groups in total. The van der Waals surface area contributed by atoms with Gasteiger partial charge < -0.3 is 10.1 Å². The third-order valence-corrected chi connectivity index (χ3v) is 3.86. The van der Waals surface area contributed by atoms with Crippen molar-refractivity contribution in [3.05, 3.63) is 89.8 Å². The Morgan fingerprint density at radius 2 is 1.86 bits per heavy atom. The van der Waals surface area contributed by atoms with E-state index in [1.54, 1.807) is 43.6 Å². The van der Waals surface area contributed by atoms with E-state index in [0.717, 1.165) is 17.7 Å². The molecule has 0 aliphatic rings. The van der Waals surface area contributed by atoms with Gasteiger partial charge in [-0.3, -0.25) is 4.79 Å². The van der Waals surface area contributed by atoms with Crippen molar-refractivity contribution in [3.8, 4) is 11.8 Å². The number of amides is 1. The average Bonchev–Trinajstić information content (AvgIpc) is 2.70. The highest BCUT2D eigenvalue weighted by molar-refractivity contribution is 5.92. The number of carbonyl (C=O) groups is 1. The van der Waals surface area contributed by atoms with E-state index in [0.29, 0.717) is 5.75 Å². The van der Waals surface area contributed by atoms with Crippen LogP contribution in [0.2, 0.25) is 0 Å². The number of rotatable bonds is 6. The third kappa shape index (κ3) is 4.97. The second-order valence-electron chi connectivity index (χ2n) is 5.91. The molecule has 0 aliphatic heterocycles. The summed E-state index contributed by atoms with van der Waals surface area (Å²) in [5.74, 6) is -1.86. The first-order valence-corrected chi connectivity index (χ1v) is 8.50. The van der Waals surface area contributed by atoms with Crippen LogP contribution < -0.4 is 10.1 Å². The van der Waals surface area contributed by atoms with Gasteiger partial charge in [0.05, 0.1) is 6.04 Å². The molecule has 0 bridgehead atoms. The fourth-order valence-corrected chi connectivity index (χ4v) is 2.45. The molecule has 1 atom stereocenters. The van der Waals surface area contributed by atoms with Gasteiger partial charge in [-0.1, -0.05) is 24.3 Å². The predicted molar refractivity (Wildman–Crippen MR) is 100 cm³/mol. The van der Waals surface area contributed by atoms with Crippen LogP contribution in [0.3, 0.4) is 0 Å². The van der Waals surface area contributed by atoms with Gasteiger partial charge in [0.15, 0.2) is 11.6 Å². The molecule has 0 saturated carbocycles. The fraction of sp³-hybridized carbons (Fsp3) is 0.0952. The van der Waals surface area contributed by atoms with Crippen molar-refractivity contribution in [2.45, 2.75) is 13.0 Å². The molecule has 5 nitrogen and oxygen atoms in total. The van der Waals surface area contributed by atoms with Crippen LogP contribution in [0.25, 0.3) is 6.08 Å². The number of hydrogen-bond acceptors (Lipinski definition) is 4. The maximum atomic E-state index is 13.6. The highest BCUT2D eigenvalue weighted by Gasteiger charge is 2.10. The van der Waals surface area contributed by atoms with Crippen LogP contribution >= 0.6 is 0 Å². The average molecular weight is 381 g/mol. The first kappa shape index (κ1) is 19.2. The van der Waals surface area contributed by atoms with E-state index in [2.05, 4.69) is 15.3 Å². The molecule has 0 unspecified atom stereocenters. The summed E-state index contributed by atoms with van der Waals surface area (Å²) in [4.78, 5) is 20.1. The van der Waals surface area contributed by atoms with Crippen LogP contribution in [0, 0.1) is 11.6 Å². The van der Waals surface area contributed by atoms with Crippen molar-refractivity contribution in [2.24, 2.45) is 0 Å².